The van der Waals surface area contributed by atoms with E-state index in [1.54, 1.807) is 0 Å². The Morgan fingerprint density at radius 3 is 2.79 bits per heavy atom. The Bertz CT molecular complexity index is 436. The van der Waals surface area contributed by atoms with E-state index in [0.717, 1.165) is 30.9 Å². The van der Waals surface area contributed by atoms with E-state index in [1.807, 2.05) is 6.07 Å². The van der Waals surface area contributed by atoms with Crippen molar-refractivity contribution in [2.75, 3.05) is 19.8 Å². The van der Waals surface area contributed by atoms with Gasteiger partial charge in [-0.25, -0.2) is 0 Å². The van der Waals surface area contributed by atoms with Crippen molar-refractivity contribution in [2.45, 2.75) is 37.8 Å². The number of benzene rings is 1. The number of fused-ring (bicyclic) bond motifs is 1. The topological polar surface area (TPSA) is 56.5 Å². The van der Waals surface area contributed by atoms with Crippen LogP contribution in [0.1, 0.15) is 24.8 Å². The van der Waals surface area contributed by atoms with Gasteiger partial charge in [-0.1, -0.05) is 12.5 Å². The van der Waals surface area contributed by atoms with E-state index in [4.69, 9.17) is 15.2 Å². The van der Waals surface area contributed by atoms with Crippen LogP contribution in [0.3, 0.4) is 0 Å². The predicted octanol–water partition coefficient (Wildman–Crippen LogP) is 1.47. The van der Waals surface area contributed by atoms with Crippen LogP contribution in [0.15, 0.2) is 18.2 Å². The number of nitrogens with one attached hydrogen (secondary N) is 1. The first kappa shape index (κ1) is 12.8. The number of hydrogen-bond acceptors (Lipinski definition) is 4. The van der Waals surface area contributed by atoms with Crippen molar-refractivity contribution in [2.24, 2.45) is 5.73 Å². The van der Waals surface area contributed by atoms with Crippen molar-refractivity contribution >= 4 is 0 Å². The van der Waals surface area contributed by atoms with Crippen LogP contribution in [0.25, 0.3) is 0 Å². The Balaban J connectivity index is 1.52. The first-order chi connectivity index (χ1) is 9.33. The summed E-state index contributed by atoms with van der Waals surface area (Å²) < 4.78 is 11.1. The van der Waals surface area contributed by atoms with Crippen LogP contribution >= 0.6 is 0 Å². The van der Waals surface area contributed by atoms with Gasteiger partial charge < -0.3 is 20.5 Å². The Labute approximate surface area is 114 Å². The molecule has 1 aliphatic heterocycles. The first-order valence-electron chi connectivity index (χ1n) is 7.20. The van der Waals surface area contributed by atoms with Gasteiger partial charge in [0.05, 0.1) is 0 Å². The van der Waals surface area contributed by atoms with Crippen LogP contribution in [0, 0.1) is 0 Å². The summed E-state index contributed by atoms with van der Waals surface area (Å²) in [5, 5.41) is 3.56. The van der Waals surface area contributed by atoms with Gasteiger partial charge in [-0.3, -0.25) is 0 Å². The maximum atomic E-state index is 6.05. The van der Waals surface area contributed by atoms with Gasteiger partial charge in [-0.2, -0.15) is 0 Å². The van der Waals surface area contributed by atoms with Gasteiger partial charge in [0, 0.05) is 12.1 Å². The van der Waals surface area contributed by atoms with Gasteiger partial charge in [0.2, 0.25) is 0 Å². The molecule has 1 saturated carbocycles. The van der Waals surface area contributed by atoms with E-state index >= 15 is 0 Å². The van der Waals surface area contributed by atoms with E-state index < -0.39 is 0 Å². The van der Waals surface area contributed by atoms with Crippen LogP contribution in [-0.4, -0.2) is 31.8 Å². The van der Waals surface area contributed by atoms with Gasteiger partial charge in [0.15, 0.2) is 11.5 Å². The summed E-state index contributed by atoms with van der Waals surface area (Å²) in [4.78, 5) is 0. The third kappa shape index (κ3) is 3.01. The zero-order valence-corrected chi connectivity index (χ0v) is 11.2. The minimum absolute atomic E-state index is 0.334. The molecular weight excluding hydrogens is 240 g/mol. The SMILES string of the molecule is NC1CCCC1NCCc1ccc2c(c1)OCCO2. The van der Waals surface area contributed by atoms with Crippen LogP contribution in [-0.2, 0) is 6.42 Å². The Morgan fingerprint density at radius 1 is 1.16 bits per heavy atom. The van der Waals surface area contributed by atoms with Crippen LogP contribution in [0.2, 0.25) is 0 Å². The maximum Gasteiger partial charge on any atom is 0.161 e. The van der Waals surface area contributed by atoms with Gasteiger partial charge in [-0.05, 0) is 43.5 Å². The zero-order valence-electron chi connectivity index (χ0n) is 11.2. The van der Waals surface area contributed by atoms with Crippen molar-refractivity contribution in [3.05, 3.63) is 23.8 Å². The molecule has 2 unspecified atom stereocenters. The highest BCUT2D eigenvalue weighted by Crippen LogP contribution is 2.30. The summed E-state index contributed by atoms with van der Waals surface area (Å²) in [6, 6.07) is 7.04. The van der Waals surface area contributed by atoms with E-state index in [1.165, 1.54) is 18.4 Å². The molecule has 2 atom stereocenters. The largest absolute Gasteiger partial charge is 0.486 e. The third-order valence-electron chi connectivity index (χ3n) is 4.00. The number of ether oxygens (including phenoxy) is 2. The van der Waals surface area contributed by atoms with Crippen molar-refractivity contribution < 1.29 is 9.47 Å². The Morgan fingerprint density at radius 2 is 2.00 bits per heavy atom. The highest BCUT2D eigenvalue weighted by atomic mass is 16.6. The molecule has 0 spiro atoms. The molecule has 2 aliphatic rings. The van der Waals surface area contributed by atoms with Gasteiger partial charge >= 0.3 is 0 Å². The second-order valence-electron chi connectivity index (χ2n) is 5.38. The lowest BCUT2D eigenvalue weighted by Gasteiger charge is -2.20. The number of nitrogens with two attached hydrogens (primary N) is 1. The van der Waals surface area contributed by atoms with Crippen LogP contribution in [0.5, 0.6) is 11.5 Å². The third-order valence-corrected chi connectivity index (χ3v) is 4.00. The summed E-state index contributed by atoms with van der Waals surface area (Å²) >= 11 is 0. The molecule has 104 valence electrons. The maximum absolute atomic E-state index is 6.05. The standard InChI is InChI=1S/C15H22N2O2/c16-12-2-1-3-13(12)17-7-6-11-4-5-14-15(10-11)19-9-8-18-14/h4-5,10,12-13,17H,1-3,6-9,16H2. The quantitative estimate of drug-likeness (QED) is 0.863. The van der Waals surface area contributed by atoms with Crippen molar-refractivity contribution in [1.29, 1.82) is 0 Å². The van der Waals surface area contributed by atoms with Crippen molar-refractivity contribution in [3.63, 3.8) is 0 Å². The van der Waals surface area contributed by atoms with Crippen molar-refractivity contribution in [1.82, 2.24) is 5.32 Å². The molecular formula is C15H22N2O2. The zero-order chi connectivity index (χ0) is 13.1. The molecule has 1 aliphatic carbocycles. The molecule has 1 heterocycles. The molecule has 0 amide bonds. The minimum Gasteiger partial charge on any atom is -0.486 e. The monoisotopic (exact) mass is 262 g/mol. The van der Waals surface area contributed by atoms with Crippen LogP contribution in [0.4, 0.5) is 0 Å². The lowest BCUT2D eigenvalue weighted by Crippen LogP contribution is -2.41. The van der Waals surface area contributed by atoms with Crippen molar-refractivity contribution in [3.8, 4) is 11.5 Å². The fraction of sp³-hybridized carbons (Fsp3) is 0.600. The van der Waals surface area contributed by atoms with Gasteiger partial charge in [0.25, 0.3) is 0 Å². The second kappa shape index (κ2) is 5.80. The molecule has 1 fully saturated rings. The first-order valence-corrected chi connectivity index (χ1v) is 7.20. The fourth-order valence-electron chi connectivity index (χ4n) is 2.89. The summed E-state index contributed by atoms with van der Waals surface area (Å²) in [5.74, 6) is 1.74. The van der Waals surface area contributed by atoms with Crippen LogP contribution < -0.4 is 20.5 Å². The molecule has 4 heteroatoms. The van der Waals surface area contributed by atoms with E-state index in [9.17, 15) is 0 Å². The number of hydrogen-bond donors (Lipinski definition) is 2. The molecule has 4 nitrogen and oxygen atoms in total. The molecule has 3 N–H and O–H groups in total. The smallest absolute Gasteiger partial charge is 0.161 e. The highest BCUT2D eigenvalue weighted by Gasteiger charge is 2.22. The van der Waals surface area contributed by atoms with Gasteiger partial charge in [-0.15, -0.1) is 0 Å². The highest BCUT2D eigenvalue weighted by molar-refractivity contribution is 5.43. The molecule has 0 bridgehead atoms. The Kier molecular flexibility index (Phi) is 3.89. The van der Waals surface area contributed by atoms with Gasteiger partial charge in [0.1, 0.15) is 13.2 Å². The summed E-state index contributed by atoms with van der Waals surface area (Å²) in [5.41, 5.74) is 7.33. The lowest BCUT2D eigenvalue weighted by atomic mass is 10.1. The summed E-state index contributed by atoms with van der Waals surface area (Å²) in [6.07, 6.45) is 4.62. The normalized spacial score (nSPS) is 25.5. The average molecular weight is 262 g/mol. The minimum atomic E-state index is 0.334. The number of rotatable bonds is 4. The fourth-order valence-corrected chi connectivity index (χ4v) is 2.89. The molecule has 1 aromatic carbocycles. The molecule has 3 rings (SSSR count). The van der Waals surface area contributed by atoms with E-state index in [0.29, 0.717) is 25.3 Å². The molecule has 0 aromatic heterocycles. The molecule has 19 heavy (non-hydrogen) atoms. The average Bonchev–Trinajstić information content (AvgIpc) is 2.84. The lowest BCUT2D eigenvalue weighted by molar-refractivity contribution is 0.171. The Hall–Kier alpha value is -1.26. The predicted molar refractivity (Wildman–Crippen MR) is 74.8 cm³/mol. The molecule has 0 saturated heterocycles. The van der Waals surface area contributed by atoms with E-state index in [2.05, 4.69) is 17.4 Å². The summed E-state index contributed by atoms with van der Waals surface area (Å²) in [7, 11) is 0. The summed E-state index contributed by atoms with van der Waals surface area (Å²) in [6.45, 7) is 2.26. The molecule has 1 aromatic rings. The van der Waals surface area contributed by atoms with E-state index in [-0.39, 0.29) is 0 Å². The second-order valence-corrected chi connectivity index (χ2v) is 5.38. The molecule has 0 radical (unpaired) electrons.